The Morgan fingerprint density at radius 2 is 2.47 bits per heavy atom. The Labute approximate surface area is 116 Å². The molecule has 0 fully saturated rings. The highest BCUT2D eigenvalue weighted by atomic mass is 32.1. The van der Waals surface area contributed by atoms with Crippen LogP contribution in [-0.4, -0.2) is 10.9 Å². The molecule has 0 saturated carbocycles. The third-order valence-electron chi connectivity index (χ3n) is 2.62. The molecule has 0 saturated heterocycles. The highest BCUT2D eigenvalue weighted by molar-refractivity contribution is 7.09. The van der Waals surface area contributed by atoms with Crippen molar-refractivity contribution in [3.63, 3.8) is 0 Å². The van der Waals surface area contributed by atoms with Crippen LogP contribution >= 0.6 is 11.3 Å². The van der Waals surface area contributed by atoms with Gasteiger partial charge in [-0.2, -0.15) is 0 Å². The number of aryl methyl sites for hydroxylation is 1. The van der Waals surface area contributed by atoms with Gasteiger partial charge in [0.1, 0.15) is 5.76 Å². The average Bonchev–Trinajstić information content (AvgIpc) is 3.07. The number of carbonyl (C=O) groups excluding carboxylic acids is 1. The maximum atomic E-state index is 11.7. The van der Waals surface area contributed by atoms with Gasteiger partial charge in [-0.25, -0.2) is 4.98 Å². The molecule has 2 aromatic heterocycles. The van der Waals surface area contributed by atoms with Gasteiger partial charge in [-0.05, 0) is 31.6 Å². The Hall–Kier alpha value is -1.88. The minimum Gasteiger partial charge on any atom is -0.465 e. The fraction of sp³-hybridized carbons (Fsp3) is 0.286. The second-order valence-electron chi connectivity index (χ2n) is 4.10. The van der Waals surface area contributed by atoms with E-state index >= 15 is 0 Å². The molecule has 0 spiro atoms. The van der Waals surface area contributed by atoms with E-state index in [1.54, 1.807) is 35.8 Å². The zero-order valence-corrected chi connectivity index (χ0v) is 11.7. The number of rotatable bonds is 5. The van der Waals surface area contributed by atoms with Gasteiger partial charge >= 0.3 is 0 Å². The van der Waals surface area contributed by atoms with Crippen LogP contribution in [0.4, 0.5) is 0 Å². The zero-order valence-electron chi connectivity index (χ0n) is 10.9. The van der Waals surface area contributed by atoms with Crippen LogP contribution < -0.4 is 5.32 Å². The van der Waals surface area contributed by atoms with E-state index in [9.17, 15) is 4.79 Å². The normalized spacial score (nSPS) is 12.7. The molecule has 2 aromatic rings. The summed E-state index contributed by atoms with van der Waals surface area (Å²) in [4.78, 5) is 16.2. The molecule has 0 bridgehead atoms. The van der Waals surface area contributed by atoms with Crippen molar-refractivity contribution in [1.29, 1.82) is 0 Å². The smallest absolute Gasteiger partial charge is 0.244 e. The topological polar surface area (TPSA) is 55.1 Å². The van der Waals surface area contributed by atoms with Crippen LogP contribution in [0.2, 0.25) is 0 Å². The summed E-state index contributed by atoms with van der Waals surface area (Å²) in [5.74, 6) is 0.500. The molecule has 1 N–H and O–H groups in total. The molecule has 19 heavy (non-hydrogen) atoms. The number of furan rings is 1. The summed E-state index contributed by atoms with van der Waals surface area (Å²) >= 11 is 1.62. The number of carbonyl (C=O) groups is 1. The number of thiazole rings is 1. The maximum Gasteiger partial charge on any atom is 0.244 e. The summed E-state index contributed by atoms with van der Waals surface area (Å²) in [5.41, 5.74) is 0.904. The molecular weight excluding hydrogens is 260 g/mol. The maximum absolute atomic E-state index is 11.7. The summed E-state index contributed by atoms with van der Waals surface area (Å²) in [6.45, 7) is 3.99. The summed E-state index contributed by atoms with van der Waals surface area (Å²) in [7, 11) is 0. The van der Waals surface area contributed by atoms with E-state index in [1.807, 2.05) is 12.3 Å². The van der Waals surface area contributed by atoms with Crippen LogP contribution in [0.3, 0.4) is 0 Å². The van der Waals surface area contributed by atoms with E-state index in [-0.39, 0.29) is 11.9 Å². The molecule has 5 heteroatoms. The van der Waals surface area contributed by atoms with Gasteiger partial charge in [-0.3, -0.25) is 4.79 Å². The molecule has 1 unspecified atom stereocenters. The molecule has 1 atom stereocenters. The Morgan fingerprint density at radius 3 is 3.11 bits per heavy atom. The molecule has 0 radical (unpaired) electrons. The van der Waals surface area contributed by atoms with Crippen molar-refractivity contribution in [3.8, 4) is 0 Å². The molecule has 2 heterocycles. The molecule has 0 aliphatic heterocycles. The monoisotopic (exact) mass is 276 g/mol. The molecule has 1 amide bonds. The molecule has 0 aliphatic rings. The van der Waals surface area contributed by atoms with Gasteiger partial charge in [0.25, 0.3) is 0 Å². The summed E-state index contributed by atoms with van der Waals surface area (Å²) in [5, 5.41) is 5.94. The van der Waals surface area contributed by atoms with Gasteiger partial charge in [0, 0.05) is 11.5 Å². The number of hydrogen-bond acceptors (Lipinski definition) is 4. The lowest BCUT2D eigenvalue weighted by Gasteiger charge is -2.09. The standard InChI is InChI=1S/C14H16N2O2S/c1-3-14-16-12(9-19-14)10(2)15-13(17)7-6-11-5-4-8-18-11/h4-10H,3H2,1-2H3,(H,15,17). The third-order valence-corrected chi connectivity index (χ3v) is 3.63. The first-order valence-corrected chi connectivity index (χ1v) is 7.03. The lowest BCUT2D eigenvalue weighted by atomic mass is 10.2. The average molecular weight is 276 g/mol. The first kappa shape index (κ1) is 13.5. The lowest BCUT2D eigenvalue weighted by molar-refractivity contribution is -0.117. The summed E-state index contributed by atoms with van der Waals surface area (Å²) in [6, 6.07) is 3.48. The fourth-order valence-corrected chi connectivity index (χ4v) is 2.40. The second-order valence-corrected chi connectivity index (χ2v) is 5.04. The number of nitrogens with one attached hydrogen (secondary N) is 1. The highest BCUT2D eigenvalue weighted by Crippen LogP contribution is 2.16. The number of hydrogen-bond donors (Lipinski definition) is 1. The van der Waals surface area contributed by atoms with Gasteiger partial charge < -0.3 is 9.73 Å². The fourth-order valence-electron chi connectivity index (χ4n) is 1.57. The molecule has 2 rings (SSSR count). The molecule has 0 aliphatic carbocycles. The predicted octanol–water partition coefficient (Wildman–Crippen LogP) is 3.19. The minimum absolute atomic E-state index is 0.0923. The van der Waals surface area contributed by atoms with Gasteiger partial charge in [0.2, 0.25) is 5.91 Å². The lowest BCUT2D eigenvalue weighted by Crippen LogP contribution is -2.24. The van der Waals surface area contributed by atoms with Gasteiger partial charge in [0.15, 0.2) is 0 Å². The van der Waals surface area contributed by atoms with Gasteiger partial charge in [-0.15, -0.1) is 11.3 Å². The first-order valence-electron chi connectivity index (χ1n) is 6.15. The SMILES string of the molecule is CCc1nc(C(C)NC(=O)C=Cc2ccco2)cs1. The second kappa shape index (κ2) is 6.33. The Bertz CT molecular complexity index is 558. The largest absolute Gasteiger partial charge is 0.465 e. The molecular formula is C14H16N2O2S. The van der Waals surface area contributed by atoms with Crippen molar-refractivity contribution in [2.24, 2.45) is 0 Å². The van der Waals surface area contributed by atoms with Crippen LogP contribution in [-0.2, 0) is 11.2 Å². The summed E-state index contributed by atoms with van der Waals surface area (Å²) < 4.78 is 5.11. The number of aromatic nitrogens is 1. The van der Waals surface area contributed by atoms with Crippen LogP contribution in [0.15, 0.2) is 34.3 Å². The molecule has 4 nitrogen and oxygen atoms in total. The zero-order chi connectivity index (χ0) is 13.7. The van der Waals surface area contributed by atoms with Crippen LogP contribution in [0.5, 0.6) is 0 Å². The molecule has 100 valence electrons. The highest BCUT2D eigenvalue weighted by Gasteiger charge is 2.11. The van der Waals surface area contributed by atoms with Crippen molar-refractivity contribution in [1.82, 2.24) is 10.3 Å². The van der Waals surface area contributed by atoms with E-state index in [0.717, 1.165) is 17.1 Å². The van der Waals surface area contributed by atoms with Gasteiger partial charge in [0.05, 0.1) is 23.0 Å². The van der Waals surface area contributed by atoms with Gasteiger partial charge in [-0.1, -0.05) is 6.92 Å². The third kappa shape index (κ3) is 3.79. The van der Waals surface area contributed by atoms with E-state index in [1.165, 1.54) is 6.08 Å². The van der Waals surface area contributed by atoms with E-state index in [2.05, 4.69) is 17.2 Å². The van der Waals surface area contributed by atoms with E-state index in [4.69, 9.17) is 4.42 Å². The van der Waals surface area contributed by atoms with Crippen molar-refractivity contribution in [2.45, 2.75) is 26.3 Å². The van der Waals surface area contributed by atoms with Crippen LogP contribution in [0, 0.1) is 0 Å². The van der Waals surface area contributed by atoms with Crippen molar-refractivity contribution in [2.75, 3.05) is 0 Å². The van der Waals surface area contributed by atoms with Crippen molar-refractivity contribution < 1.29 is 9.21 Å². The minimum atomic E-state index is -0.157. The van der Waals surface area contributed by atoms with E-state index < -0.39 is 0 Å². The first-order chi connectivity index (χ1) is 9.19. The Kier molecular flexibility index (Phi) is 4.52. The Balaban J connectivity index is 1.91. The van der Waals surface area contributed by atoms with Crippen molar-refractivity contribution >= 4 is 23.3 Å². The van der Waals surface area contributed by atoms with E-state index in [0.29, 0.717) is 5.76 Å². The number of amides is 1. The Morgan fingerprint density at radius 1 is 1.63 bits per heavy atom. The molecule has 0 aromatic carbocycles. The van der Waals surface area contributed by atoms with Crippen LogP contribution in [0.1, 0.15) is 36.4 Å². The predicted molar refractivity (Wildman–Crippen MR) is 75.8 cm³/mol. The van der Waals surface area contributed by atoms with Crippen LogP contribution in [0.25, 0.3) is 6.08 Å². The summed E-state index contributed by atoms with van der Waals surface area (Å²) in [6.07, 6.45) is 5.59. The number of nitrogens with zero attached hydrogens (tertiary/aromatic N) is 1. The quantitative estimate of drug-likeness (QED) is 0.853. The van der Waals surface area contributed by atoms with Crippen molar-refractivity contribution in [3.05, 3.63) is 46.3 Å².